The molecule has 0 saturated heterocycles. The molecule has 0 atom stereocenters. The van der Waals surface area contributed by atoms with Gasteiger partial charge in [0.2, 0.25) is 0 Å². The number of benzene rings is 2. The van der Waals surface area contributed by atoms with Crippen LogP contribution in [0.3, 0.4) is 0 Å². The summed E-state index contributed by atoms with van der Waals surface area (Å²) in [6.45, 7) is 0.555. The first-order valence-electron chi connectivity index (χ1n) is 6.13. The molecule has 0 fully saturated rings. The van der Waals surface area contributed by atoms with Crippen LogP contribution in [0.1, 0.15) is 5.56 Å². The zero-order valence-corrected chi connectivity index (χ0v) is 10.7. The van der Waals surface area contributed by atoms with E-state index >= 15 is 0 Å². The minimum atomic E-state index is 0.548. The molecule has 0 bridgehead atoms. The van der Waals surface area contributed by atoms with Crippen molar-refractivity contribution in [3.63, 3.8) is 0 Å². The molecule has 4 heteroatoms. The van der Waals surface area contributed by atoms with E-state index in [1.165, 1.54) is 0 Å². The van der Waals surface area contributed by atoms with E-state index in [1.54, 1.807) is 4.68 Å². The highest BCUT2D eigenvalue weighted by Crippen LogP contribution is 2.25. The molecule has 0 radical (unpaired) electrons. The Morgan fingerprint density at radius 1 is 1.16 bits per heavy atom. The molecule has 3 aromatic rings. The Morgan fingerprint density at radius 3 is 2.74 bits per heavy atom. The van der Waals surface area contributed by atoms with Gasteiger partial charge in [-0.15, -0.1) is 0 Å². The third kappa shape index (κ3) is 2.25. The number of anilines is 1. The van der Waals surface area contributed by atoms with Gasteiger partial charge < -0.3 is 10.5 Å². The van der Waals surface area contributed by atoms with E-state index in [9.17, 15) is 0 Å². The fourth-order valence-corrected chi connectivity index (χ4v) is 2.10. The third-order valence-electron chi connectivity index (χ3n) is 3.10. The molecule has 96 valence electrons. The lowest BCUT2D eigenvalue weighted by atomic mass is 10.2. The standard InChI is InChI=1S/C15H15N3O/c1-18-14-9-12(7-8-13(14)15(16)17-18)19-10-11-5-3-2-4-6-11/h2-9H,10H2,1H3,(H2,16,17). The van der Waals surface area contributed by atoms with Gasteiger partial charge in [0.15, 0.2) is 5.82 Å². The van der Waals surface area contributed by atoms with E-state index < -0.39 is 0 Å². The number of hydrogen-bond acceptors (Lipinski definition) is 3. The van der Waals surface area contributed by atoms with Crippen LogP contribution < -0.4 is 10.5 Å². The monoisotopic (exact) mass is 253 g/mol. The summed E-state index contributed by atoms with van der Waals surface area (Å²) < 4.78 is 7.55. The van der Waals surface area contributed by atoms with Crippen molar-refractivity contribution in [2.75, 3.05) is 5.73 Å². The lowest BCUT2D eigenvalue weighted by Crippen LogP contribution is -1.95. The van der Waals surface area contributed by atoms with E-state index in [0.717, 1.165) is 22.2 Å². The highest BCUT2D eigenvalue weighted by molar-refractivity contribution is 5.90. The molecule has 0 unspecified atom stereocenters. The van der Waals surface area contributed by atoms with Crippen molar-refractivity contribution in [2.24, 2.45) is 7.05 Å². The minimum Gasteiger partial charge on any atom is -0.489 e. The summed E-state index contributed by atoms with van der Waals surface area (Å²) in [6, 6.07) is 15.9. The first-order valence-corrected chi connectivity index (χ1v) is 6.13. The minimum absolute atomic E-state index is 0.548. The molecule has 19 heavy (non-hydrogen) atoms. The number of ether oxygens (including phenoxy) is 1. The van der Waals surface area contributed by atoms with Crippen molar-refractivity contribution < 1.29 is 4.74 Å². The van der Waals surface area contributed by atoms with Crippen LogP contribution in [0.25, 0.3) is 10.9 Å². The Bertz CT molecular complexity index is 704. The molecule has 1 aromatic heterocycles. The van der Waals surface area contributed by atoms with Gasteiger partial charge in [-0.3, -0.25) is 4.68 Å². The topological polar surface area (TPSA) is 53.1 Å². The van der Waals surface area contributed by atoms with E-state index in [1.807, 2.05) is 55.6 Å². The smallest absolute Gasteiger partial charge is 0.153 e. The number of hydrogen-bond donors (Lipinski definition) is 1. The van der Waals surface area contributed by atoms with Gasteiger partial charge in [0, 0.05) is 18.5 Å². The first kappa shape index (κ1) is 11.6. The van der Waals surface area contributed by atoms with Crippen molar-refractivity contribution in [3.8, 4) is 5.75 Å². The second-order valence-corrected chi connectivity index (χ2v) is 4.46. The van der Waals surface area contributed by atoms with Crippen LogP contribution in [0.15, 0.2) is 48.5 Å². The van der Waals surface area contributed by atoms with Crippen LogP contribution in [0, 0.1) is 0 Å². The van der Waals surface area contributed by atoms with Crippen molar-refractivity contribution in [1.29, 1.82) is 0 Å². The maximum Gasteiger partial charge on any atom is 0.153 e. The SMILES string of the molecule is Cn1nc(N)c2ccc(OCc3ccccc3)cc21. The summed E-state index contributed by atoms with van der Waals surface area (Å²) in [7, 11) is 1.87. The van der Waals surface area contributed by atoms with Gasteiger partial charge in [0.25, 0.3) is 0 Å². The molecule has 0 spiro atoms. The fraction of sp³-hybridized carbons (Fsp3) is 0.133. The van der Waals surface area contributed by atoms with Crippen molar-refractivity contribution in [1.82, 2.24) is 9.78 Å². The van der Waals surface area contributed by atoms with Gasteiger partial charge in [-0.2, -0.15) is 5.10 Å². The van der Waals surface area contributed by atoms with Crippen molar-refractivity contribution >= 4 is 16.7 Å². The largest absolute Gasteiger partial charge is 0.489 e. The van der Waals surface area contributed by atoms with E-state index in [0.29, 0.717) is 12.4 Å². The predicted molar refractivity (Wildman–Crippen MR) is 75.9 cm³/mol. The molecule has 2 aromatic carbocycles. The third-order valence-corrected chi connectivity index (χ3v) is 3.10. The average Bonchev–Trinajstić information content (AvgIpc) is 2.73. The van der Waals surface area contributed by atoms with Gasteiger partial charge in [-0.25, -0.2) is 0 Å². The quantitative estimate of drug-likeness (QED) is 0.780. The van der Waals surface area contributed by atoms with Gasteiger partial charge in [0.05, 0.1) is 5.52 Å². The number of aryl methyl sites for hydroxylation is 1. The molecule has 0 aliphatic carbocycles. The molecule has 3 rings (SSSR count). The number of nitrogens with zero attached hydrogens (tertiary/aromatic N) is 2. The fourth-order valence-electron chi connectivity index (χ4n) is 2.10. The summed E-state index contributed by atoms with van der Waals surface area (Å²) in [5.41, 5.74) is 7.94. The zero-order chi connectivity index (χ0) is 13.2. The highest BCUT2D eigenvalue weighted by Gasteiger charge is 2.06. The van der Waals surface area contributed by atoms with Crippen LogP contribution >= 0.6 is 0 Å². The predicted octanol–water partition coefficient (Wildman–Crippen LogP) is 2.73. The Hall–Kier alpha value is -2.49. The molecular formula is C15H15N3O. The Morgan fingerprint density at radius 2 is 1.95 bits per heavy atom. The molecule has 4 nitrogen and oxygen atoms in total. The molecular weight excluding hydrogens is 238 g/mol. The maximum absolute atomic E-state index is 5.82. The molecule has 0 saturated carbocycles. The van der Waals surface area contributed by atoms with Gasteiger partial charge >= 0.3 is 0 Å². The number of aromatic nitrogens is 2. The number of rotatable bonds is 3. The highest BCUT2D eigenvalue weighted by atomic mass is 16.5. The zero-order valence-electron chi connectivity index (χ0n) is 10.7. The van der Waals surface area contributed by atoms with Crippen LogP contribution in [0.2, 0.25) is 0 Å². The average molecular weight is 253 g/mol. The molecule has 0 amide bonds. The number of fused-ring (bicyclic) bond motifs is 1. The van der Waals surface area contributed by atoms with Crippen molar-refractivity contribution in [3.05, 3.63) is 54.1 Å². The molecule has 0 aliphatic rings. The second kappa shape index (κ2) is 4.65. The Labute approximate surface area is 111 Å². The molecule has 2 N–H and O–H groups in total. The van der Waals surface area contributed by atoms with Crippen LogP contribution in [-0.2, 0) is 13.7 Å². The van der Waals surface area contributed by atoms with Gasteiger partial charge in [-0.1, -0.05) is 30.3 Å². The van der Waals surface area contributed by atoms with Gasteiger partial charge in [-0.05, 0) is 17.7 Å². The summed E-state index contributed by atoms with van der Waals surface area (Å²) in [5.74, 6) is 1.37. The van der Waals surface area contributed by atoms with Crippen LogP contribution in [0.5, 0.6) is 5.75 Å². The van der Waals surface area contributed by atoms with Crippen LogP contribution in [0.4, 0.5) is 5.82 Å². The maximum atomic E-state index is 5.82. The first-order chi connectivity index (χ1) is 9.24. The van der Waals surface area contributed by atoms with Crippen LogP contribution in [-0.4, -0.2) is 9.78 Å². The number of nitrogens with two attached hydrogens (primary N) is 1. The summed E-state index contributed by atoms with van der Waals surface area (Å²) in [4.78, 5) is 0. The lowest BCUT2D eigenvalue weighted by molar-refractivity contribution is 0.306. The Kier molecular flexibility index (Phi) is 2.83. The van der Waals surface area contributed by atoms with Gasteiger partial charge in [0.1, 0.15) is 12.4 Å². The summed E-state index contributed by atoms with van der Waals surface area (Å²) in [5, 5.41) is 5.14. The van der Waals surface area contributed by atoms with E-state index in [-0.39, 0.29) is 0 Å². The summed E-state index contributed by atoms with van der Waals surface area (Å²) in [6.07, 6.45) is 0. The van der Waals surface area contributed by atoms with Crippen molar-refractivity contribution in [2.45, 2.75) is 6.61 Å². The Balaban J connectivity index is 1.84. The molecule has 1 heterocycles. The molecule has 0 aliphatic heterocycles. The normalized spacial score (nSPS) is 10.8. The second-order valence-electron chi connectivity index (χ2n) is 4.46. The summed E-state index contributed by atoms with van der Waals surface area (Å²) >= 11 is 0. The lowest BCUT2D eigenvalue weighted by Gasteiger charge is -2.06. The van der Waals surface area contributed by atoms with E-state index in [4.69, 9.17) is 10.5 Å². The number of nitrogen functional groups attached to an aromatic ring is 1. The van der Waals surface area contributed by atoms with E-state index in [2.05, 4.69) is 5.10 Å².